The largest absolute Gasteiger partial charge is 0.497 e. The van der Waals surface area contributed by atoms with E-state index in [-0.39, 0.29) is 20.6 Å². The number of nitrogens with zero attached hydrogens (tertiary/aromatic N) is 1. The molecule has 1 aromatic heterocycles. The fraction of sp³-hybridized carbons (Fsp3) is 0.167. The predicted molar refractivity (Wildman–Crippen MR) is 103 cm³/mol. The van der Waals surface area contributed by atoms with E-state index in [2.05, 4.69) is 16.5 Å². The number of anilines is 1. The molecule has 0 bridgehead atoms. The summed E-state index contributed by atoms with van der Waals surface area (Å²) in [6, 6.07) is 5.62. The Morgan fingerprint density at radius 1 is 1.25 bits per heavy atom. The van der Waals surface area contributed by atoms with Crippen molar-refractivity contribution in [3.8, 4) is 5.75 Å². The quantitative estimate of drug-likeness (QED) is 0.587. The van der Waals surface area contributed by atoms with Crippen molar-refractivity contribution in [3.63, 3.8) is 0 Å². The Bertz CT molecular complexity index is 1110. The third-order valence-electron chi connectivity index (χ3n) is 3.95. The molecule has 1 heterocycles. The van der Waals surface area contributed by atoms with Gasteiger partial charge in [0.15, 0.2) is 0 Å². The molecule has 0 saturated carbocycles. The van der Waals surface area contributed by atoms with Crippen LogP contribution in [0.25, 0.3) is 0 Å². The zero-order valence-electron chi connectivity index (χ0n) is 14.7. The molecule has 147 valence electrons. The summed E-state index contributed by atoms with van der Waals surface area (Å²) in [5.74, 6) is -1.01. The molecule has 3 aromatic rings. The molecule has 10 heteroatoms. The number of nitrogens with one attached hydrogen (secondary N) is 1. The molecule has 0 unspecified atom stereocenters. The van der Waals surface area contributed by atoms with Crippen molar-refractivity contribution >= 4 is 38.5 Å². The van der Waals surface area contributed by atoms with E-state index in [1.807, 2.05) is 0 Å². The lowest BCUT2D eigenvalue weighted by molar-refractivity contribution is 0.412. The third-order valence-corrected chi connectivity index (χ3v) is 7.17. The van der Waals surface area contributed by atoms with Gasteiger partial charge in [-0.05, 0) is 37.3 Å². The number of thiazole rings is 1. The van der Waals surface area contributed by atoms with Gasteiger partial charge in [-0.15, -0.1) is 11.3 Å². The Labute approximate surface area is 169 Å². The van der Waals surface area contributed by atoms with E-state index in [4.69, 9.17) is 16.3 Å². The molecule has 28 heavy (non-hydrogen) atoms. The van der Waals surface area contributed by atoms with Crippen LogP contribution in [0.2, 0.25) is 5.02 Å². The number of benzene rings is 2. The first kappa shape index (κ1) is 20.5. The zero-order valence-corrected chi connectivity index (χ0v) is 17.1. The maximum atomic E-state index is 14.6. The van der Waals surface area contributed by atoms with Gasteiger partial charge in [0.1, 0.15) is 28.5 Å². The molecule has 1 atom stereocenters. The van der Waals surface area contributed by atoms with Gasteiger partial charge in [0.2, 0.25) is 14.2 Å². The number of hydrogen-bond acceptors (Lipinski definition) is 6. The molecule has 0 aliphatic heterocycles. The number of hydrogen-bond donors (Lipinski definition) is 1. The molecule has 0 spiro atoms. The van der Waals surface area contributed by atoms with Crippen LogP contribution >= 0.6 is 22.9 Å². The Morgan fingerprint density at radius 3 is 2.64 bits per heavy atom. The average Bonchev–Trinajstić information content (AvgIpc) is 3.20. The molecule has 0 aliphatic carbocycles. The summed E-state index contributed by atoms with van der Waals surface area (Å²) in [5.41, 5.74) is 0.407. The summed E-state index contributed by atoms with van der Waals surface area (Å²) in [7, 11) is -2.69. The highest BCUT2D eigenvalue weighted by Gasteiger charge is 2.26. The van der Waals surface area contributed by atoms with Crippen molar-refractivity contribution in [1.29, 1.82) is 0 Å². The normalized spacial score (nSPS) is 12.6. The number of rotatable bonds is 6. The van der Waals surface area contributed by atoms with Crippen molar-refractivity contribution < 1.29 is 21.9 Å². The highest BCUT2D eigenvalue weighted by atomic mass is 35.5. The lowest BCUT2D eigenvalue weighted by Gasteiger charge is -2.19. The SMILES string of the molecule is COc1ccc(F)c([C@H](C)Nc2cc(F)c(S(=O)(=O)c3n[c]cs3)cc2Cl)c1. The summed E-state index contributed by atoms with van der Waals surface area (Å²) in [6.07, 6.45) is 2.39. The molecule has 5 nitrogen and oxygen atoms in total. The second-order valence-electron chi connectivity index (χ2n) is 5.76. The number of sulfone groups is 1. The zero-order chi connectivity index (χ0) is 20.5. The maximum absolute atomic E-state index is 14.6. The maximum Gasteiger partial charge on any atom is 0.236 e. The van der Waals surface area contributed by atoms with Crippen molar-refractivity contribution in [2.24, 2.45) is 0 Å². The van der Waals surface area contributed by atoms with Gasteiger partial charge in [-0.3, -0.25) is 0 Å². The minimum Gasteiger partial charge on any atom is -0.497 e. The van der Waals surface area contributed by atoms with E-state index >= 15 is 0 Å². The molecule has 3 rings (SSSR count). The Morgan fingerprint density at radius 2 is 2.00 bits per heavy atom. The van der Waals surface area contributed by atoms with Gasteiger partial charge in [-0.25, -0.2) is 22.2 Å². The first-order valence-electron chi connectivity index (χ1n) is 7.89. The van der Waals surface area contributed by atoms with Gasteiger partial charge in [0.05, 0.1) is 23.9 Å². The highest BCUT2D eigenvalue weighted by Crippen LogP contribution is 2.34. The fourth-order valence-corrected chi connectivity index (χ4v) is 5.00. The number of halogens is 3. The van der Waals surface area contributed by atoms with Crippen LogP contribution in [0, 0.1) is 17.8 Å². The van der Waals surface area contributed by atoms with Crippen molar-refractivity contribution in [2.75, 3.05) is 12.4 Å². The first-order valence-corrected chi connectivity index (χ1v) is 10.6. The minimum atomic E-state index is -4.15. The molecule has 2 aromatic carbocycles. The monoisotopic (exact) mass is 443 g/mol. The van der Waals surface area contributed by atoms with Crippen LogP contribution in [0.4, 0.5) is 14.5 Å². The Hall–Kier alpha value is -2.23. The molecular weight excluding hydrogens is 430 g/mol. The van der Waals surface area contributed by atoms with Crippen LogP contribution in [0.3, 0.4) is 0 Å². The highest BCUT2D eigenvalue weighted by molar-refractivity contribution is 7.93. The fourth-order valence-electron chi connectivity index (χ4n) is 2.54. The van der Waals surface area contributed by atoms with Crippen LogP contribution in [0.1, 0.15) is 18.5 Å². The molecule has 0 aliphatic rings. The molecule has 1 N–H and O–H groups in total. The van der Waals surface area contributed by atoms with E-state index in [1.54, 1.807) is 6.92 Å². The predicted octanol–water partition coefficient (Wildman–Crippen LogP) is 4.89. The smallest absolute Gasteiger partial charge is 0.236 e. The van der Waals surface area contributed by atoms with Crippen LogP contribution in [0.15, 0.2) is 44.9 Å². The summed E-state index contributed by atoms with van der Waals surface area (Å²) < 4.78 is 58.5. The van der Waals surface area contributed by atoms with Crippen LogP contribution in [-0.4, -0.2) is 20.5 Å². The molecule has 0 fully saturated rings. The van der Waals surface area contributed by atoms with Crippen LogP contribution < -0.4 is 10.1 Å². The van der Waals surface area contributed by atoms with Gasteiger partial charge in [0, 0.05) is 10.9 Å². The van der Waals surface area contributed by atoms with E-state index in [0.29, 0.717) is 5.75 Å². The average molecular weight is 444 g/mol. The van der Waals surface area contributed by atoms with E-state index in [0.717, 1.165) is 23.5 Å². The van der Waals surface area contributed by atoms with Crippen molar-refractivity contribution in [1.82, 2.24) is 4.98 Å². The van der Waals surface area contributed by atoms with E-state index in [9.17, 15) is 17.2 Å². The van der Waals surface area contributed by atoms with Gasteiger partial charge >= 0.3 is 0 Å². The van der Waals surface area contributed by atoms with Crippen molar-refractivity contribution in [3.05, 3.63) is 64.1 Å². The molecule has 0 saturated heterocycles. The minimum absolute atomic E-state index is 0.0318. The standard InChI is InChI=1S/C18H14ClF2N2O3S2/c1-10(12-7-11(26-2)3-4-14(12)20)23-16-9-15(21)17(8-13(16)19)28(24,25)18-22-5-6-27-18/h3-4,6-10,23H,1-2H3/t10-/m0/s1. The topological polar surface area (TPSA) is 68.3 Å². The van der Waals surface area contributed by atoms with Crippen molar-refractivity contribution in [2.45, 2.75) is 22.2 Å². The number of aromatic nitrogens is 1. The number of methoxy groups -OCH3 is 1. The van der Waals surface area contributed by atoms with Gasteiger partial charge in [-0.1, -0.05) is 11.6 Å². The number of ether oxygens (including phenoxy) is 1. The van der Waals surface area contributed by atoms with Crippen LogP contribution in [-0.2, 0) is 9.84 Å². The third kappa shape index (κ3) is 3.96. The Kier molecular flexibility index (Phi) is 5.87. The van der Waals surface area contributed by atoms with E-state index < -0.39 is 32.4 Å². The summed E-state index contributed by atoms with van der Waals surface area (Å²) in [5, 5.41) is 4.21. The lowest BCUT2D eigenvalue weighted by Crippen LogP contribution is -2.11. The summed E-state index contributed by atoms with van der Waals surface area (Å²) in [6.45, 7) is 1.65. The van der Waals surface area contributed by atoms with Gasteiger partial charge in [-0.2, -0.15) is 0 Å². The Balaban J connectivity index is 1.94. The first-order chi connectivity index (χ1) is 13.2. The van der Waals surface area contributed by atoms with Gasteiger partial charge in [0.25, 0.3) is 0 Å². The summed E-state index contributed by atoms with van der Waals surface area (Å²) in [4.78, 5) is 3.01. The lowest BCUT2D eigenvalue weighted by atomic mass is 10.1. The second kappa shape index (κ2) is 8.02. The second-order valence-corrected chi connectivity index (χ2v) is 9.12. The molecule has 1 radical (unpaired) electrons. The summed E-state index contributed by atoms with van der Waals surface area (Å²) >= 11 is 6.98. The van der Waals surface area contributed by atoms with Gasteiger partial charge < -0.3 is 10.1 Å². The van der Waals surface area contributed by atoms with Crippen LogP contribution in [0.5, 0.6) is 5.75 Å². The molecule has 0 amide bonds. The van der Waals surface area contributed by atoms with E-state index in [1.165, 1.54) is 30.7 Å². The molecular formula is C18H14ClF2N2O3S2.